The number of carbonyl (C=O) groups is 2. The lowest BCUT2D eigenvalue weighted by atomic mass is 10.1. The van der Waals surface area contributed by atoms with Crippen molar-refractivity contribution in [2.75, 3.05) is 5.32 Å². The van der Waals surface area contributed by atoms with Crippen LogP contribution < -0.4 is 15.8 Å². The van der Waals surface area contributed by atoms with Crippen LogP contribution in [-0.4, -0.2) is 16.8 Å². The highest BCUT2D eigenvalue weighted by Crippen LogP contribution is 2.25. The van der Waals surface area contributed by atoms with Gasteiger partial charge < -0.3 is 15.8 Å². The summed E-state index contributed by atoms with van der Waals surface area (Å²) >= 11 is 1.66. The number of hydrogen-bond donors (Lipinski definition) is 2. The maximum absolute atomic E-state index is 12.7. The van der Waals surface area contributed by atoms with Gasteiger partial charge in [-0.1, -0.05) is 24.3 Å². The summed E-state index contributed by atoms with van der Waals surface area (Å²) in [5, 5.41) is 4.96. The molecular formula is C25H21N3O3S. The molecule has 2 aromatic carbocycles. The van der Waals surface area contributed by atoms with E-state index in [-0.39, 0.29) is 18.1 Å². The van der Waals surface area contributed by atoms with Gasteiger partial charge in [0, 0.05) is 22.3 Å². The lowest BCUT2D eigenvalue weighted by Gasteiger charge is -2.12. The second kappa shape index (κ2) is 9.45. The van der Waals surface area contributed by atoms with E-state index in [4.69, 9.17) is 10.5 Å². The molecule has 2 amide bonds. The SMILES string of the molecule is Cc1ccc(NC(=O)c2ccc(-c3cccs3)cc2)cc1COc1cncc(C(N)=O)c1. The van der Waals surface area contributed by atoms with Crippen LogP contribution in [0.2, 0.25) is 0 Å². The monoisotopic (exact) mass is 443 g/mol. The number of thiophene rings is 1. The molecule has 0 aliphatic carbocycles. The first-order valence-electron chi connectivity index (χ1n) is 9.92. The maximum atomic E-state index is 12.7. The van der Waals surface area contributed by atoms with Crippen LogP contribution in [0.1, 0.15) is 31.8 Å². The number of rotatable bonds is 7. The summed E-state index contributed by atoms with van der Waals surface area (Å²) in [5.41, 5.74) is 9.83. The number of amides is 2. The largest absolute Gasteiger partial charge is 0.487 e. The molecule has 0 radical (unpaired) electrons. The van der Waals surface area contributed by atoms with Gasteiger partial charge in [-0.2, -0.15) is 0 Å². The minimum Gasteiger partial charge on any atom is -0.487 e. The van der Waals surface area contributed by atoms with Gasteiger partial charge in [-0.05, 0) is 65.4 Å². The van der Waals surface area contributed by atoms with E-state index < -0.39 is 5.91 Å². The van der Waals surface area contributed by atoms with Gasteiger partial charge in [0.1, 0.15) is 12.4 Å². The Bertz CT molecular complexity index is 1250. The molecule has 2 aromatic heterocycles. The molecular weight excluding hydrogens is 422 g/mol. The number of pyridine rings is 1. The van der Waals surface area contributed by atoms with Crippen molar-refractivity contribution in [3.8, 4) is 16.2 Å². The summed E-state index contributed by atoms with van der Waals surface area (Å²) < 4.78 is 5.77. The van der Waals surface area contributed by atoms with Gasteiger partial charge in [-0.15, -0.1) is 11.3 Å². The Morgan fingerprint density at radius 2 is 1.84 bits per heavy atom. The highest BCUT2D eigenvalue weighted by Gasteiger charge is 2.10. The minimum atomic E-state index is -0.563. The van der Waals surface area contributed by atoms with E-state index in [1.54, 1.807) is 17.4 Å². The van der Waals surface area contributed by atoms with Gasteiger partial charge >= 0.3 is 0 Å². The quantitative estimate of drug-likeness (QED) is 0.418. The number of hydrogen-bond acceptors (Lipinski definition) is 5. The van der Waals surface area contributed by atoms with E-state index in [9.17, 15) is 9.59 Å². The van der Waals surface area contributed by atoms with Gasteiger partial charge in [0.25, 0.3) is 5.91 Å². The third kappa shape index (κ3) is 5.01. The molecule has 160 valence electrons. The summed E-state index contributed by atoms with van der Waals surface area (Å²) in [6.45, 7) is 2.22. The lowest BCUT2D eigenvalue weighted by Crippen LogP contribution is -2.12. The van der Waals surface area contributed by atoms with Crippen molar-refractivity contribution in [2.45, 2.75) is 13.5 Å². The second-order valence-corrected chi connectivity index (χ2v) is 8.16. The highest BCUT2D eigenvalue weighted by molar-refractivity contribution is 7.13. The Balaban J connectivity index is 1.43. The maximum Gasteiger partial charge on any atom is 0.255 e. The molecule has 32 heavy (non-hydrogen) atoms. The molecule has 4 rings (SSSR count). The Hall–Kier alpha value is -3.97. The van der Waals surface area contributed by atoms with Crippen molar-refractivity contribution in [3.05, 3.63) is 101 Å². The van der Waals surface area contributed by atoms with Crippen LogP contribution in [0.5, 0.6) is 5.75 Å². The van der Waals surface area contributed by atoms with E-state index in [2.05, 4.69) is 16.4 Å². The molecule has 0 bridgehead atoms. The van der Waals surface area contributed by atoms with Gasteiger partial charge in [0.15, 0.2) is 0 Å². The fourth-order valence-electron chi connectivity index (χ4n) is 3.13. The summed E-state index contributed by atoms with van der Waals surface area (Å²) in [6, 6.07) is 18.8. The van der Waals surface area contributed by atoms with Crippen LogP contribution in [-0.2, 0) is 6.61 Å². The molecule has 0 aliphatic rings. The van der Waals surface area contributed by atoms with E-state index in [0.717, 1.165) is 21.6 Å². The Morgan fingerprint density at radius 1 is 1.03 bits per heavy atom. The number of aryl methyl sites for hydroxylation is 1. The lowest BCUT2D eigenvalue weighted by molar-refractivity contribution is 0.0997. The van der Waals surface area contributed by atoms with Crippen molar-refractivity contribution in [3.63, 3.8) is 0 Å². The normalized spacial score (nSPS) is 10.5. The van der Waals surface area contributed by atoms with Crippen molar-refractivity contribution < 1.29 is 14.3 Å². The first kappa shape index (κ1) is 21.3. The average molecular weight is 444 g/mol. The van der Waals surface area contributed by atoms with Crippen LogP contribution >= 0.6 is 11.3 Å². The Kier molecular flexibility index (Phi) is 6.28. The van der Waals surface area contributed by atoms with Crippen molar-refractivity contribution in [2.24, 2.45) is 5.73 Å². The Morgan fingerprint density at radius 3 is 2.56 bits per heavy atom. The third-order valence-electron chi connectivity index (χ3n) is 4.95. The highest BCUT2D eigenvalue weighted by atomic mass is 32.1. The number of ether oxygens (including phenoxy) is 1. The molecule has 7 heteroatoms. The van der Waals surface area contributed by atoms with E-state index in [1.165, 1.54) is 12.4 Å². The van der Waals surface area contributed by atoms with Crippen LogP contribution in [0, 0.1) is 6.92 Å². The standard InChI is InChI=1S/C25H21N3O3S/c1-16-4-9-21(11-20(16)15-31-22-12-19(24(26)29)13-27-14-22)28-25(30)18-7-5-17(6-8-18)23-3-2-10-32-23/h2-14H,15H2,1H3,(H2,26,29)(H,28,30). The fourth-order valence-corrected chi connectivity index (χ4v) is 3.86. The number of nitrogens with zero attached hydrogens (tertiary/aromatic N) is 1. The summed E-state index contributed by atoms with van der Waals surface area (Å²) in [6.07, 6.45) is 2.91. The Labute approximate surface area is 189 Å². The number of primary amides is 1. The summed E-state index contributed by atoms with van der Waals surface area (Å²) in [7, 11) is 0. The van der Waals surface area contributed by atoms with Crippen LogP contribution in [0.3, 0.4) is 0 Å². The molecule has 2 heterocycles. The molecule has 0 aliphatic heterocycles. The van der Waals surface area contributed by atoms with Crippen molar-refractivity contribution in [1.29, 1.82) is 0 Å². The zero-order valence-corrected chi connectivity index (χ0v) is 18.2. The number of nitrogens with two attached hydrogens (primary N) is 1. The fraction of sp³-hybridized carbons (Fsp3) is 0.0800. The van der Waals surface area contributed by atoms with E-state index in [1.807, 2.05) is 60.8 Å². The zero-order valence-electron chi connectivity index (χ0n) is 17.4. The molecule has 6 nitrogen and oxygen atoms in total. The van der Waals surface area contributed by atoms with Gasteiger partial charge in [0.2, 0.25) is 5.91 Å². The third-order valence-corrected chi connectivity index (χ3v) is 5.87. The zero-order chi connectivity index (χ0) is 22.5. The molecule has 0 unspecified atom stereocenters. The number of aromatic nitrogens is 1. The van der Waals surface area contributed by atoms with Crippen molar-refractivity contribution in [1.82, 2.24) is 4.98 Å². The van der Waals surface area contributed by atoms with Gasteiger partial charge in [-0.25, -0.2) is 0 Å². The van der Waals surface area contributed by atoms with Crippen LogP contribution in [0.15, 0.2) is 78.4 Å². The molecule has 0 atom stereocenters. The smallest absolute Gasteiger partial charge is 0.255 e. The minimum absolute atomic E-state index is 0.184. The molecule has 0 spiro atoms. The van der Waals surface area contributed by atoms with Gasteiger partial charge in [0.05, 0.1) is 11.8 Å². The first-order valence-corrected chi connectivity index (χ1v) is 10.8. The number of anilines is 1. The molecule has 0 saturated carbocycles. The molecule has 3 N–H and O–H groups in total. The van der Waals surface area contributed by atoms with E-state index >= 15 is 0 Å². The average Bonchev–Trinajstić information content (AvgIpc) is 3.35. The summed E-state index contributed by atoms with van der Waals surface area (Å²) in [5.74, 6) is -0.301. The summed E-state index contributed by atoms with van der Waals surface area (Å²) in [4.78, 5) is 29.1. The molecule has 0 fully saturated rings. The molecule has 4 aromatic rings. The number of benzene rings is 2. The predicted molar refractivity (Wildman–Crippen MR) is 126 cm³/mol. The topological polar surface area (TPSA) is 94.3 Å². The van der Waals surface area contributed by atoms with Crippen molar-refractivity contribution >= 4 is 28.8 Å². The molecule has 0 saturated heterocycles. The van der Waals surface area contributed by atoms with E-state index in [0.29, 0.717) is 17.0 Å². The number of nitrogens with one attached hydrogen (secondary N) is 1. The van der Waals surface area contributed by atoms with Gasteiger partial charge in [-0.3, -0.25) is 14.6 Å². The van der Waals surface area contributed by atoms with Crippen LogP contribution in [0.25, 0.3) is 10.4 Å². The second-order valence-electron chi connectivity index (χ2n) is 7.21. The predicted octanol–water partition coefficient (Wildman–Crippen LogP) is 5.05. The number of carbonyl (C=O) groups excluding carboxylic acids is 2. The first-order chi connectivity index (χ1) is 15.5. The van der Waals surface area contributed by atoms with Crippen LogP contribution in [0.4, 0.5) is 5.69 Å².